The van der Waals surface area contributed by atoms with Crippen LogP contribution in [0.3, 0.4) is 0 Å². The second-order valence-electron chi connectivity index (χ2n) is 3.44. The number of carbonyl (C=O) groups excluding carboxylic acids is 1. The number of aryl methyl sites for hydroxylation is 1. The van der Waals surface area contributed by atoms with Crippen molar-refractivity contribution in [3.63, 3.8) is 0 Å². The molecule has 0 radical (unpaired) electrons. The summed E-state index contributed by atoms with van der Waals surface area (Å²) >= 11 is 0. The van der Waals surface area contributed by atoms with E-state index in [0.717, 1.165) is 5.56 Å². The zero-order valence-electron chi connectivity index (χ0n) is 9.67. The van der Waals surface area contributed by atoms with Gasteiger partial charge in [0.2, 0.25) is 0 Å². The van der Waals surface area contributed by atoms with Crippen molar-refractivity contribution in [1.82, 2.24) is 0 Å². The minimum atomic E-state index is -0.464. The highest BCUT2D eigenvalue weighted by molar-refractivity contribution is 5.87. The van der Waals surface area contributed by atoms with E-state index in [1.807, 2.05) is 0 Å². The van der Waals surface area contributed by atoms with Crippen molar-refractivity contribution in [2.24, 2.45) is 0 Å². The predicted octanol–water partition coefficient (Wildman–Crippen LogP) is 2.48. The number of rotatable bonds is 4. The summed E-state index contributed by atoms with van der Waals surface area (Å²) in [5, 5.41) is 10.6. The average Bonchev–Trinajstić information content (AvgIpc) is 2.26. The van der Waals surface area contributed by atoms with Gasteiger partial charge in [-0.05, 0) is 31.1 Å². The summed E-state index contributed by atoms with van der Waals surface area (Å²) in [6.07, 6.45) is 2.75. The Labute approximate surface area is 98.9 Å². The molecule has 0 aromatic heterocycles. The van der Waals surface area contributed by atoms with Crippen LogP contribution in [0.15, 0.2) is 24.3 Å². The number of nitro benzene ring substituents is 1. The summed E-state index contributed by atoms with van der Waals surface area (Å²) in [4.78, 5) is 21.2. The predicted molar refractivity (Wildman–Crippen MR) is 63.5 cm³/mol. The SMILES string of the molecule is CCOC(=O)C=Cc1cc(C)cc([N+](=O)[O-])c1. The number of hydrogen-bond donors (Lipinski definition) is 0. The summed E-state index contributed by atoms with van der Waals surface area (Å²) in [6, 6.07) is 4.63. The molecule has 5 nitrogen and oxygen atoms in total. The van der Waals surface area contributed by atoms with Gasteiger partial charge in [0.1, 0.15) is 0 Å². The lowest BCUT2D eigenvalue weighted by Crippen LogP contribution is -1.98. The van der Waals surface area contributed by atoms with Crippen molar-refractivity contribution in [2.45, 2.75) is 13.8 Å². The normalized spacial score (nSPS) is 10.5. The van der Waals surface area contributed by atoms with Crippen molar-refractivity contribution in [3.05, 3.63) is 45.5 Å². The maximum absolute atomic E-state index is 11.1. The number of carbonyl (C=O) groups is 1. The highest BCUT2D eigenvalue weighted by Crippen LogP contribution is 2.17. The van der Waals surface area contributed by atoms with Crippen molar-refractivity contribution in [1.29, 1.82) is 0 Å². The fourth-order valence-corrected chi connectivity index (χ4v) is 1.35. The van der Waals surface area contributed by atoms with Gasteiger partial charge in [-0.2, -0.15) is 0 Å². The number of hydrogen-bond acceptors (Lipinski definition) is 4. The molecule has 17 heavy (non-hydrogen) atoms. The van der Waals surface area contributed by atoms with Gasteiger partial charge in [-0.15, -0.1) is 0 Å². The first-order chi connectivity index (χ1) is 8.02. The lowest BCUT2D eigenvalue weighted by atomic mass is 10.1. The Bertz CT molecular complexity index is 466. The largest absolute Gasteiger partial charge is 0.463 e. The van der Waals surface area contributed by atoms with Crippen LogP contribution in [0, 0.1) is 17.0 Å². The Balaban J connectivity index is 2.91. The van der Waals surface area contributed by atoms with Crippen LogP contribution in [0.25, 0.3) is 6.08 Å². The molecule has 1 aromatic carbocycles. The highest BCUT2D eigenvalue weighted by Gasteiger charge is 2.06. The maximum Gasteiger partial charge on any atom is 0.330 e. The lowest BCUT2D eigenvalue weighted by molar-refractivity contribution is -0.384. The number of esters is 1. The number of nitrogens with zero attached hydrogens (tertiary/aromatic N) is 1. The molecule has 90 valence electrons. The molecular formula is C12H13NO4. The summed E-state index contributed by atoms with van der Waals surface area (Å²) < 4.78 is 4.71. The third-order valence-corrected chi connectivity index (χ3v) is 1.99. The van der Waals surface area contributed by atoms with E-state index in [9.17, 15) is 14.9 Å². The molecule has 1 aromatic rings. The van der Waals surface area contributed by atoms with Crippen LogP contribution in [0.1, 0.15) is 18.1 Å². The molecule has 0 aliphatic heterocycles. The van der Waals surface area contributed by atoms with Crippen LogP contribution in [-0.4, -0.2) is 17.5 Å². The summed E-state index contributed by atoms with van der Waals surface area (Å²) in [5.41, 5.74) is 1.38. The van der Waals surface area contributed by atoms with E-state index in [1.54, 1.807) is 19.9 Å². The van der Waals surface area contributed by atoms with Gasteiger partial charge in [0, 0.05) is 18.2 Å². The Hall–Kier alpha value is -2.17. The van der Waals surface area contributed by atoms with Gasteiger partial charge in [0.25, 0.3) is 5.69 Å². The monoisotopic (exact) mass is 235 g/mol. The minimum absolute atomic E-state index is 0.00788. The average molecular weight is 235 g/mol. The van der Waals surface area contributed by atoms with E-state index in [2.05, 4.69) is 0 Å². The Morgan fingerprint density at radius 3 is 2.76 bits per heavy atom. The minimum Gasteiger partial charge on any atom is -0.463 e. The number of ether oxygens (including phenoxy) is 1. The third-order valence-electron chi connectivity index (χ3n) is 1.99. The summed E-state index contributed by atoms with van der Waals surface area (Å²) in [5.74, 6) is -0.461. The van der Waals surface area contributed by atoms with Crippen LogP contribution in [0.5, 0.6) is 0 Å². The van der Waals surface area contributed by atoms with Gasteiger partial charge < -0.3 is 4.74 Å². The van der Waals surface area contributed by atoms with E-state index in [-0.39, 0.29) is 5.69 Å². The van der Waals surface area contributed by atoms with Crippen LogP contribution >= 0.6 is 0 Å². The zero-order chi connectivity index (χ0) is 12.8. The summed E-state index contributed by atoms with van der Waals surface area (Å²) in [7, 11) is 0. The first-order valence-electron chi connectivity index (χ1n) is 5.14. The molecule has 0 unspecified atom stereocenters. The molecular weight excluding hydrogens is 222 g/mol. The topological polar surface area (TPSA) is 69.4 Å². The first kappa shape index (κ1) is 12.9. The van der Waals surface area contributed by atoms with E-state index in [0.29, 0.717) is 12.2 Å². The van der Waals surface area contributed by atoms with E-state index >= 15 is 0 Å². The third kappa shape index (κ3) is 4.06. The molecule has 1 rings (SSSR count). The molecule has 0 bridgehead atoms. The van der Waals surface area contributed by atoms with Gasteiger partial charge in [0.15, 0.2) is 0 Å². The first-order valence-corrected chi connectivity index (χ1v) is 5.14. The molecule has 0 aliphatic carbocycles. The van der Waals surface area contributed by atoms with Gasteiger partial charge in [0.05, 0.1) is 11.5 Å². The van der Waals surface area contributed by atoms with Crippen LogP contribution in [0.4, 0.5) is 5.69 Å². The van der Waals surface area contributed by atoms with Crippen molar-refractivity contribution < 1.29 is 14.5 Å². The highest BCUT2D eigenvalue weighted by atomic mass is 16.6. The van der Waals surface area contributed by atoms with Crippen LogP contribution in [0.2, 0.25) is 0 Å². The molecule has 0 saturated heterocycles. The molecule has 5 heteroatoms. The van der Waals surface area contributed by atoms with Crippen LogP contribution < -0.4 is 0 Å². The smallest absolute Gasteiger partial charge is 0.330 e. The molecule has 0 amide bonds. The standard InChI is InChI=1S/C12H13NO4/c1-3-17-12(14)5-4-10-6-9(2)7-11(8-10)13(15)16/h4-8H,3H2,1-2H3. The molecule has 0 saturated carbocycles. The van der Waals surface area contributed by atoms with Gasteiger partial charge in [-0.25, -0.2) is 4.79 Å². The number of nitro groups is 1. The van der Waals surface area contributed by atoms with Crippen molar-refractivity contribution in [3.8, 4) is 0 Å². The number of non-ortho nitro benzene ring substituents is 1. The van der Waals surface area contributed by atoms with E-state index < -0.39 is 10.9 Å². The summed E-state index contributed by atoms with van der Waals surface area (Å²) in [6.45, 7) is 3.77. The fourth-order valence-electron chi connectivity index (χ4n) is 1.35. The van der Waals surface area contributed by atoms with E-state index in [4.69, 9.17) is 4.74 Å². The zero-order valence-corrected chi connectivity index (χ0v) is 9.67. The number of benzene rings is 1. The lowest BCUT2D eigenvalue weighted by Gasteiger charge is -1.98. The quantitative estimate of drug-likeness (QED) is 0.348. The second-order valence-corrected chi connectivity index (χ2v) is 3.44. The molecule has 0 aliphatic rings. The van der Waals surface area contributed by atoms with Crippen molar-refractivity contribution in [2.75, 3.05) is 6.61 Å². The Kier molecular flexibility index (Phi) is 4.39. The van der Waals surface area contributed by atoms with Crippen molar-refractivity contribution >= 4 is 17.7 Å². The molecule has 0 atom stereocenters. The molecule has 0 heterocycles. The second kappa shape index (κ2) is 5.79. The van der Waals surface area contributed by atoms with Crippen LogP contribution in [-0.2, 0) is 9.53 Å². The van der Waals surface area contributed by atoms with Gasteiger partial charge in [-0.3, -0.25) is 10.1 Å². The molecule has 0 N–H and O–H groups in total. The molecule has 0 spiro atoms. The van der Waals surface area contributed by atoms with Gasteiger partial charge >= 0.3 is 5.97 Å². The maximum atomic E-state index is 11.1. The van der Waals surface area contributed by atoms with Gasteiger partial charge in [-0.1, -0.05) is 6.07 Å². The Morgan fingerprint density at radius 2 is 2.18 bits per heavy atom. The Morgan fingerprint density at radius 1 is 1.47 bits per heavy atom. The molecule has 0 fully saturated rings. The van der Waals surface area contributed by atoms with E-state index in [1.165, 1.54) is 24.3 Å². The fraction of sp³-hybridized carbons (Fsp3) is 0.250.